The van der Waals surface area contributed by atoms with E-state index in [0.717, 1.165) is 18.7 Å². The first kappa shape index (κ1) is 15.3. The van der Waals surface area contributed by atoms with Crippen molar-refractivity contribution in [3.63, 3.8) is 0 Å². The van der Waals surface area contributed by atoms with Crippen molar-refractivity contribution in [2.45, 2.75) is 51.1 Å². The molecule has 0 bridgehead atoms. The van der Waals surface area contributed by atoms with Gasteiger partial charge in [0.25, 0.3) is 0 Å². The molecule has 0 aliphatic carbocycles. The van der Waals surface area contributed by atoms with Crippen LogP contribution in [0.5, 0.6) is 0 Å². The minimum Gasteiger partial charge on any atom is -0.308 e. The van der Waals surface area contributed by atoms with E-state index < -0.39 is 0 Å². The molecule has 0 atom stereocenters. The maximum atomic E-state index is 4.05. The Hall–Kier alpha value is -0.730. The summed E-state index contributed by atoms with van der Waals surface area (Å²) in [7, 11) is 0. The molecule has 0 heterocycles. The van der Waals surface area contributed by atoms with Crippen LogP contribution in [0.4, 0.5) is 0 Å². The van der Waals surface area contributed by atoms with Crippen molar-refractivity contribution >= 4 is 11.8 Å². The fourth-order valence-electron chi connectivity index (χ4n) is 1.40. The zero-order chi connectivity index (χ0) is 13.6. The van der Waals surface area contributed by atoms with E-state index in [1.807, 2.05) is 11.8 Å². The zero-order valence-electron chi connectivity index (χ0n) is 12.0. The molecule has 0 saturated carbocycles. The Kier molecular flexibility index (Phi) is 5.97. The molecule has 0 spiro atoms. The first-order chi connectivity index (χ1) is 8.40. The Morgan fingerprint density at radius 3 is 2.67 bits per heavy atom. The van der Waals surface area contributed by atoms with Crippen LogP contribution in [0.1, 0.15) is 39.7 Å². The highest BCUT2D eigenvalue weighted by atomic mass is 32.2. The van der Waals surface area contributed by atoms with Crippen LogP contribution in [0.15, 0.2) is 41.3 Å². The lowest BCUT2D eigenvalue weighted by Crippen LogP contribution is -2.35. The van der Waals surface area contributed by atoms with Gasteiger partial charge in [0.15, 0.2) is 0 Å². The summed E-state index contributed by atoms with van der Waals surface area (Å²) in [6.45, 7) is 13.7. The minimum absolute atomic E-state index is 0.166. The smallest absolute Gasteiger partial charge is 0.0210 e. The summed E-state index contributed by atoms with van der Waals surface area (Å²) in [6, 6.07) is 8.76. The van der Waals surface area contributed by atoms with Crippen LogP contribution in [-0.4, -0.2) is 11.3 Å². The largest absolute Gasteiger partial charge is 0.308 e. The van der Waals surface area contributed by atoms with E-state index in [2.05, 4.69) is 63.9 Å². The van der Waals surface area contributed by atoms with Gasteiger partial charge in [-0.1, -0.05) is 31.2 Å². The highest BCUT2D eigenvalue weighted by Crippen LogP contribution is 2.22. The van der Waals surface area contributed by atoms with Crippen LogP contribution in [0, 0.1) is 0 Å². The first-order valence-corrected chi connectivity index (χ1v) is 7.52. The second-order valence-electron chi connectivity index (χ2n) is 5.64. The zero-order valence-corrected chi connectivity index (χ0v) is 12.9. The molecule has 1 N–H and O–H groups in total. The van der Waals surface area contributed by atoms with Gasteiger partial charge in [0.1, 0.15) is 0 Å². The third-order valence-corrected chi connectivity index (χ3v) is 3.80. The van der Waals surface area contributed by atoms with Gasteiger partial charge in [-0.25, -0.2) is 0 Å². The van der Waals surface area contributed by atoms with Gasteiger partial charge in [0, 0.05) is 22.7 Å². The van der Waals surface area contributed by atoms with Gasteiger partial charge in [-0.15, -0.1) is 11.8 Å². The van der Waals surface area contributed by atoms with Crippen molar-refractivity contribution in [2.24, 2.45) is 0 Å². The lowest BCUT2D eigenvalue weighted by Gasteiger charge is -2.20. The second kappa shape index (κ2) is 7.01. The van der Waals surface area contributed by atoms with Crippen molar-refractivity contribution in [3.05, 3.63) is 42.0 Å². The quantitative estimate of drug-likeness (QED) is 0.593. The van der Waals surface area contributed by atoms with E-state index in [9.17, 15) is 0 Å². The average Bonchev–Trinajstić information content (AvgIpc) is 2.33. The standard InChI is InChI=1S/C16H25NS/c1-6-13(2)12-18-15-9-7-8-14(10-15)11-17-16(3,4)5/h7-10,17H,2,6,11-12H2,1,3-5H3. The molecule has 1 aromatic carbocycles. The Morgan fingerprint density at radius 1 is 1.33 bits per heavy atom. The summed E-state index contributed by atoms with van der Waals surface area (Å²) in [5, 5.41) is 3.51. The van der Waals surface area contributed by atoms with Gasteiger partial charge < -0.3 is 5.32 Å². The lowest BCUT2D eigenvalue weighted by atomic mass is 10.1. The van der Waals surface area contributed by atoms with Crippen LogP contribution >= 0.6 is 11.8 Å². The minimum atomic E-state index is 0.166. The Balaban J connectivity index is 2.54. The molecular weight excluding hydrogens is 238 g/mol. The van der Waals surface area contributed by atoms with E-state index in [1.165, 1.54) is 16.0 Å². The predicted molar refractivity (Wildman–Crippen MR) is 83.2 cm³/mol. The molecule has 100 valence electrons. The SMILES string of the molecule is C=C(CC)CSc1cccc(CNC(C)(C)C)c1. The maximum absolute atomic E-state index is 4.05. The Morgan fingerprint density at radius 2 is 2.06 bits per heavy atom. The number of benzene rings is 1. The van der Waals surface area contributed by atoms with E-state index in [1.54, 1.807) is 0 Å². The summed E-state index contributed by atoms with van der Waals surface area (Å²) in [5.74, 6) is 1.02. The molecular formula is C16H25NS. The van der Waals surface area contributed by atoms with Gasteiger partial charge >= 0.3 is 0 Å². The highest BCUT2D eigenvalue weighted by Gasteiger charge is 2.08. The third kappa shape index (κ3) is 6.27. The molecule has 0 aromatic heterocycles. The molecule has 1 aromatic rings. The maximum Gasteiger partial charge on any atom is 0.0210 e. The normalized spacial score (nSPS) is 11.6. The van der Waals surface area contributed by atoms with Crippen LogP contribution in [-0.2, 0) is 6.54 Å². The fraction of sp³-hybridized carbons (Fsp3) is 0.500. The van der Waals surface area contributed by atoms with Crippen LogP contribution in [0.2, 0.25) is 0 Å². The molecule has 0 saturated heterocycles. The molecule has 1 nitrogen and oxygen atoms in total. The van der Waals surface area contributed by atoms with Crippen molar-refractivity contribution in [1.82, 2.24) is 5.32 Å². The topological polar surface area (TPSA) is 12.0 Å². The monoisotopic (exact) mass is 263 g/mol. The number of hydrogen-bond donors (Lipinski definition) is 1. The Bertz CT molecular complexity index is 390. The molecule has 1 rings (SSSR count). The van der Waals surface area contributed by atoms with Gasteiger partial charge in [0.2, 0.25) is 0 Å². The summed E-state index contributed by atoms with van der Waals surface area (Å²) >= 11 is 1.87. The molecule has 0 radical (unpaired) electrons. The fourth-order valence-corrected chi connectivity index (χ4v) is 2.38. The van der Waals surface area contributed by atoms with Crippen LogP contribution < -0.4 is 5.32 Å². The molecule has 0 aliphatic heterocycles. The van der Waals surface area contributed by atoms with Gasteiger partial charge in [-0.3, -0.25) is 0 Å². The lowest BCUT2D eigenvalue weighted by molar-refractivity contribution is 0.424. The average molecular weight is 263 g/mol. The number of thioether (sulfide) groups is 1. The van der Waals surface area contributed by atoms with Gasteiger partial charge in [-0.05, 0) is 44.9 Å². The van der Waals surface area contributed by atoms with E-state index in [0.29, 0.717) is 0 Å². The Labute approximate surface area is 116 Å². The van der Waals surface area contributed by atoms with Crippen LogP contribution in [0.25, 0.3) is 0 Å². The molecule has 0 aliphatic rings. The van der Waals surface area contributed by atoms with Crippen LogP contribution in [0.3, 0.4) is 0 Å². The third-order valence-electron chi connectivity index (χ3n) is 2.66. The number of hydrogen-bond acceptors (Lipinski definition) is 2. The molecule has 0 amide bonds. The first-order valence-electron chi connectivity index (χ1n) is 6.54. The van der Waals surface area contributed by atoms with Crippen molar-refractivity contribution in [1.29, 1.82) is 0 Å². The van der Waals surface area contributed by atoms with E-state index >= 15 is 0 Å². The summed E-state index contributed by atoms with van der Waals surface area (Å²) in [5.41, 5.74) is 2.81. The van der Waals surface area contributed by atoms with E-state index in [-0.39, 0.29) is 5.54 Å². The van der Waals surface area contributed by atoms with Crippen molar-refractivity contribution in [3.8, 4) is 0 Å². The molecule has 18 heavy (non-hydrogen) atoms. The number of nitrogens with one attached hydrogen (secondary N) is 1. The van der Waals surface area contributed by atoms with E-state index in [4.69, 9.17) is 0 Å². The molecule has 2 heteroatoms. The van der Waals surface area contributed by atoms with Gasteiger partial charge in [0.05, 0.1) is 0 Å². The number of rotatable bonds is 6. The molecule has 0 fully saturated rings. The summed E-state index contributed by atoms with van der Waals surface area (Å²) < 4.78 is 0. The predicted octanol–water partition coefficient (Wildman–Crippen LogP) is 4.63. The second-order valence-corrected chi connectivity index (χ2v) is 6.69. The van der Waals surface area contributed by atoms with Crippen molar-refractivity contribution in [2.75, 3.05) is 5.75 Å². The summed E-state index contributed by atoms with van der Waals surface area (Å²) in [6.07, 6.45) is 1.07. The highest BCUT2D eigenvalue weighted by molar-refractivity contribution is 7.99. The summed E-state index contributed by atoms with van der Waals surface area (Å²) in [4.78, 5) is 1.33. The van der Waals surface area contributed by atoms with Crippen molar-refractivity contribution < 1.29 is 0 Å². The van der Waals surface area contributed by atoms with Gasteiger partial charge in [-0.2, -0.15) is 0 Å². The molecule has 0 unspecified atom stereocenters.